The van der Waals surface area contributed by atoms with Crippen LogP contribution in [0.5, 0.6) is 0 Å². The first-order chi connectivity index (χ1) is 14.0. The van der Waals surface area contributed by atoms with E-state index in [4.69, 9.17) is 15.2 Å². The van der Waals surface area contributed by atoms with Crippen molar-refractivity contribution >= 4 is 32.4 Å². The molecule has 2 aliphatic heterocycles. The lowest BCUT2D eigenvalue weighted by Crippen LogP contribution is -2.33. The number of hydrogen-bond donors (Lipinski definition) is 5. The number of nitrogen functional groups attached to an aromatic ring is 1. The lowest BCUT2D eigenvalue weighted by molar-refractivity contribution is -0.0502. The van der Waals surface area contributed by atoms with E-state index in [1.54, 1.807) is 0 Å². The van der Waals surface area contributed by atoms with Gasteiger partial charge in [0.2, 0.25) is 0 Å². The molecule has 0 aromatic carbocycles. The number of phosphoric acid groups is 1. The molecule has 0 spiro atoms. The van der Waals surface area contributed by atoms with Crippen molar-refractivity contribution in [2.75, 3.05) is 12.3 Å². The van der Waals surface area contributed by atoms with Gasteiger partial charge in [0.1, 0.15) is 30.2 Å². The fraction of sp³-hybridized carbons (Fsp3) is 0.615. The molecule has 166 valence electrons. The zero-order valence-electron chi connectivity index (χ0n) is 15.3. The summed E-state index contributed by atoms with van der Waals surface area (Å²) in [6, 6.07) is 0. The number of ether oxygens (including phenoxy) is 2. The normalized spacial score (nSPS) is 35.2. The highest BCUT2D eigenvalue weighted by molar-refractivity contribution is 7.64. The van der Waals surface area contributed by atoms with E-state index in [2.05, 4.69) is 23.8 Å². The van der Waals surface area contributed by atoms with Crippen molar-refractivity contribution in [3.8, 4) is 0 Å². The number of imidazole rings is 1. The Balaban J connectivity index is 1.44. The number of nitrogens with zero attached hydrogens (tertiary/aromatic N) is 4. The number of fused-ring (bicyclic) bond motifs is 1. The Morgan fingerprint density at radius 2 is 1.90 bits per heavy atom. The second-order valence-electron chi connectivity index (χ2n) is 6.77. The van der Waals surface area contributed by atoms with Gasteiger partial charge in [-0.05, 0) is 6.92 Å². The molecule has 2 aromatic rings. The van der Waals surface area contributed by atoms with E-state index < -0.39 is 58.5 Å². The van der Waals surface area contributed by atoms with Gasteiger partial charge in [0.05, 0.1) is 19.0 Å². The number of aliphatic hydroxyl groups excluding tert-OH is 2. The molecular formula is C13H19N5O10P2. The van der Waals surface area contributed by atoms with Gasteiger partial charge in [-0.3, -0.25) is 13.7 Å². The molecule has 4 rings (SSSR count). The predicted molar refractivity (Wildman–Crippen MR) is 96.7 cm³/mol. The molecule has 2 unspecified atom stereocenters. The number of aromatic nitrogens is 4. The molecule has 8 atom stereocenters. The van der Waals surface area contributed by atoms with Gasteiger partial charge in [0.15, 0.2) is 23.5 Å². The summed E-state index contributed by atoms with van der Waals surface area (Å²) in [5.74, 6) is -1.11. The summed E-state index contributed by atoms with van der Waals surface area (Å²) in [6.07, 6.45) is -3.59. The molecule has 6 N–H and O–H groups in total. The highest BCUT2D eigenvalue weighted by Crippen LogP contribution is 2.66. The van der Waals surface area contributed by atoms with Crippen LogP contribution in [0.4, 0.5) is 5.82 Å². The summed E-state index contributed by atoms with van der Waals surface area (Å²) in [5.41, 5.74) is 6.20. The van der Waals surface area contributed by atoms with Crippen LogP contribution >= 0.6 is 15.4 Å². The maximum atomic E-state index is 12.0. The maximum absolute atomic E-state index is 12.0. The first kappa shape index (κ1) is 21.7. The van der Waals surface area contributed by atoms with Crippen LogP contribution in [0.25, 0.3) is 11.2 Å². The van der Waals surface area contributed by atoms with Crippen LogP contribution in [0.1, 0.15) is 13.2 Å². The van der Waals surface area contributed by atoms with E-state index in [1.807, 2.05) is 0 Å². The van der Waals surface area contributed by atoms with E-state index >= 15 is 0 Å². The Labute approximate surface area is 168 Å². The molecule has 4 heterocycles. The predicted octanol–water partition coefficient (Wildman–Crippen LogP) is -0.909. The fourth-order valence-electron chi connectivity index (χ4n) is 3.06. The smallest absolute Gasteiger partial charge is 0.387 e. The highest BCUT2D eigenvalue weighted by atomic mass is 31.3. The Kier molecular flexibility index (Phi) is 5.48. The van der Waals surface area contributed by atoms with Crippen molar-refractivity contribution in [2.24, 2.45) is 0 Å². The summed E-state index contributed by atoms with van der Waals surface area (Å²) in [7, 11) is -9.56. The van der Waals surface area contributed by atoms with Crippen LogP contribution < -0.4 is 5.73 Å². The van der Waals surface area contributed by atoms with Crippen molar-refractivity contribution in [1.82, 2.24) is 19.5 Å². The quantitative estimate of drug-likeness (QED) is 0.246. The van der Waals surface area contributed by atoms with Crippen LogP contribution in [0.3, 0.4) is 0 Å². The van der Waals surface area contributed by atoms with Crippen molar-refractivity contribution in [3.63, 3.8) is 0 Å². The Bertz CT molecular complexity index is 1050. The number of phosphoric ester groups is 1. The summed E-state index contributed by atoms with van der Waals surface area (Å²) >= 11 is 0. The third-order valence-electron chi connectivity index (χ3n) is 4.62. The van der Waals surface area contributed by atoms with Gasteiger partial charge in [-0.25, -0.2) is 23.8 Å². The first-order valence-corrected chi connectivity index (χ1v) is 11.8. The summed E-state index contributed by atoms with van der Waals surface area (Å²) in [4.78, 5) is 31.3. The molecule has 0 radical (unpaired) electrons. The monoisotopic (exact) mass is 467 g/mol. The largest absolute Gasteiger partial charge is 0.479 e. The van der Waals surface area contributed by atoms with Crippen LogP contribution in [0.15, 0.2) is 12.7 Å². The fourth-order valence-corrected chi connectivity index (χ4v) is 6.01. The number of rotatable bonds is 7. The number of hydrogen-bond acceptors (Lipinski definition) is 12. The maximum Gasteiger partial charge on any atom is 0.479 e. The molecule has 2 saturated heterocycles. The molecule has 0 amide bonds. The second kappa shape index (κ2) is 7.57. The van der Waals surface area contributed by atoms with Crippen molar-refractivity contribution < 1.29 is 47.4 Å². The molecule has 15 nitrogen and oxygen atoms in total. The van der Waals surface area contributed by atoms with Gasteiger partial charge in [-0.15, -0.1) is 0 Å². The Hall–Kier alpha value is -1.51. The minimum Gasteiger partial charge on any atom is -0.387 e. The summed E-state index contributed by atoms with van der Waals surface area (Å²) < 4.78 is 44.6. The van der Waals surface area contributed by atoms with E-state index in [9.17, 15) is 29.1 Å². The molecule has 0 bridgehead atoms. The zero-order chi connectivity index (χ0) is 21.8. The van der Waals surface area contributed by atoms with Crippen molar-refractivity contribution in [3.05, 3.63) is 12.7 Å². The van der Waals surface area contributed by atoms with Crippen LogP contribution in [-0.2, 0) is 27.4 Å². The highest BCUT2D eigenvalue weighted by Gasteiger charge is 2.54. The van der Waals surface area contributed by atoms with Crippen molar-refractivity contribution in [1.29, 1.82) is 0 Å². The molecule has 0 aliphatic carbocycles. The average molecular weight is 467 g/mol. The van der Waals surface area contributed by atoms with Gasteiger partial charge in [0.25, 0.3) is 0 Å². The number of epoxide rings is 1. The Morgan fingerprint density at radius 3 is 2.57 bits per heavy atom. The molecular weight excluding hydrogens is 448 g/mol. The molecule has 2 aromatic heterocycles. The third kappa shape index (κ3) is 4.01. The lowest BCUT2D eigenvalue weighted by atomic mass is 10.1. The van der Waals surface area contributed by atoms with Gasteiger partial charge < -0.3 is 35.2 Å². The molecule has 2 aliphatic rings. The Morgan fingerprint density at radius 1 is 1.20 bits per heavy atom. The minimum absolute atomic E-state index is 0.104. The number of anilines is 1. The molecule has 17 heteroatoms. The standard InChI is InChI=1S/C13H19N5O10P2/c1-5-13(26-5)29(21,22)28-30(23,24)25-2-6-8(19)9(20)12(27-6)18-4-17-7-10(14)15-3-16-11(7)18/h3-6,8-9,12-13,19-20H,2H2,1H3,(H,21,22)(H,23,24)(H2,14,15,16)/t5-,6+,8-,9-,12+,13+/m0/s1. The van der Waals surface area contributed by atoms with Gasteiger partial charge in [-0.1, -0.05) is 0 Å². The number of nitrogens with two attached hydrogens (primary N) is 1. The topological polar surface area (TPSA) is 225 Å². The van der Waals surface area contributed by atoms with Gasteiger partial charge >= 0.3 is 15.4 Å². The van der Waals surface area contributed by atoms with E-state index in [0.717, 1.165) is 0 Å². The van der Waals surface area contributed by atoms with Crippen LogP contribution in [0.2, 0.25) is 0 Å². The average Bonchev–Trinajstić information content (AvgIpc) is 3.15. The third-order valence-corrected chi connectivity index (χ3v) is 8.04. The first-order valence-electron chi connectivity index (χ1n) is 8.61. The van der Waals surface area contributed by atoms with Gasteiger partial charge in [-0.2, -0.15) is 0 Å². The molecule has 30 heavy (non-hydrogen) atoms. The van der Waals surface area contributed by atoms with E-state index in [0.29, 0.717) is 0 Å². The van der Waals surface area contributed by atoms with Gasteiger partial charge in [0, 0.05) is 0 Å². The SMILES string of the molecule is C[C@@H]1O[C@@H]1P(=O)(O)OP(=O)(O)OC[C@H]1O[C@@H](n2cnc3c(N)ncnc32)[C@@H](O)[C@H]1O. The molecule has 0 saturated carbocycles. The minimum atomic E-state index is -5.00. The lowest BCUT2D eigenvalue weighted by Gasteiger charge is -2.19. The second-order valence-corrected chi connectivity index (χ2v) is 10.3. The van der Waals surface area contributed by atoms with E-state index in [-0.39, 0.29) is 17.0 Å². The van der Waals surface area contributed by atoms with Crippen LogP contribution in [0, 0.1) is 0 Å². The van der Waals surface area contributed by atoms with Crippen molar-refractivity contribution in [2.45, 2.75) is 43.4 Å². The summed E-state index contributed by atoms with van der Waals surface area (Å²) in [5, 5.41) is 20.6. The summed E-state index contributed by atoms with van der Waals surface area (Å²) in [6.45, 7) is 0.760. The molecule has 2 fully saturated rings. The van der Waals surface area contributed by atoms with E-state index in [1.165, 1.54) is 24.1 Å². The van der Waals surface area contributed by atoms with Crippen LogP contribution in [-0.4, -0.2) is 76.4 Å². The zero-order valence-corrected chi connectivity index (χ0v) is 17.1. The number of aliphatic hydroxyl groups is 2.